The van der Waals surface area contributed by atoms with Crippen LogP contribution in [0.15, 0.2) is 41.2 Å². The average Bonchev–Trinajstić information content (AvgIpc) is 3.45. The number of anilines is 1. The summed E-state index contributed by atoms with van der Waals surface area (Å²) in [5.41, 5.74) is 1.07. The van der Waals surface area contributed by atoms with Gasteiger partial charge in [-0.25, -0.2) is 4.68 Å². The Balaban J connectivity index is 1.65. The van der Waals surface area contributed by atoms with Crippen molar-refractivity contribution in [3.8, 4) is 0 Å². The highest BCUT2D eigenvalue weighted by molar-refractivity contribution is 6.03. The fourth-order valence-electron chi connectivity index (χ4n) is 2.43. The van der Waals surface area contributed by atoms with Gasteiger partial charge in [-0.05, 0) is 49.6 Å². The number of hydrogen-bond acceptors (Lipinski definition) is 4. The molecule has 0 spiro atoms. The quantitative estimate of drug-likeness (QED) is 0.797. The second-order valence-electron chi connectivity index (χ2n) is 6.41. The minimum Gasteiger partial charge on any atom is -0.349 e. The molecule has 0 saturated heterocycles. The fourth-order valence-corrected chi connectivity index (χ4v) is 2.43. The van der Waals surface area contributed by atoms with Crippen LogP contribution in [0.1, 0.15) is 53.5 Å². The molecule has 1 fully saturated rings. The third-order valence-corrected chi connectivity index (χ3v) is 4.14. The molecule has 1 aromatic carbocycles. The highest BCUT2D eigenvalue weighted by atomic mass is 16.2. The first kappa shape index (κ1) is 17.8. The van der Waals surface area contributed by atoms with Crippen molar-refractivity contribution in [2.75, 3.05) is 5.32 Å². The molecule has 0 bridgehead atoms. The molecule has 1 aromatic heterocycles. The Morgan fingerprint density at radius 2 is 1.85 bits per heavy atom. The highest BCUT2D eigenvalue weighted by Gasteiger charge is 2.23. The van der Waals surface area contributed by atoms with Crippen molar-refractivity contribution in [3.05, 3.63) is 58.0 Å². The summed E-state index contributed by atoms with van der Waals surface area (Å²) in [6.45, 7) is 2.51. The van der Waals surface area contributed by atoms with Crippen molar-refractivity contribution < 1.29 is 9.59 Å². The molecule has 26 heavy (non-hydrogen) atoms. The zero-order valence-corrected chi connectivity index (χ0v) is 14.7. The van der Waals surface area contributed by atoms with Gasteiger partial charge in [0.25, 0.3) is 17.4 Å². The van der Waals surface area contributed by atoms with Crippen LogP contribution in [0.25, 0.3) is 0 Å². The Hall–Kier alpha value is -2.96. The van der Waals surface area contributed by atoms with Crippen LogP contribution < -0.4 is 16.2 Å². The lowest BCUT2D eigenvalue weighted by Gasteiger charge is -2.08. The average molecular weight is 354 g/mol. The van der Waals surface area contributed by atoms with E-state index in [1.165, 1.54) is 16.8 Å². The molecule has 0 unspecified atom stereocenters. The van der Waals surface area contributed by atoms with Crippen LogP contribution in [0.4, 0.5) is 5.69 Å². The molecule has 136 valence electrons. The van der Waals surface area contributed by atoms with Gasteiger partial charge >= 0.3 is 0 Å². The summed E-state index contributed by atoms with van der Waals surface area (Å²) in [6, 6.07) is 9.75. The maximum absolute atomic E-state index is 12.4. The lowest BCUT2D eigenvalue weighted by Crippen LogP contribution is -2.26. The Morgan fingerprint density at radius 3 is 2.50 bits per heavy atom. The van der Waals surface area contributed by atoms with Gasteiger partial charge in [-0.1, -0.05) is 13.3 Å². The third-order valence-electron chi connectivity index (χ3n) is 4.14. The molecule has 7 heteroatoms. The van der Waals surface area contributed by atoms with Crippen LogP contribution in [0.2, 0.25) is 0 Å². The fraction of sp³-hybridized carbons (Fsp3) is 0.368. The molecule has 0 radical (unpaired) electrons. The van der Waals surface area contributed by atoms with E-state index < -0.39 is 5.91 Å². The molecule has 1 saturated carbocycles. The van der Waals surface area contributed by atoms with Gasteiger partial charge in [0, 0.05) is 29.9 Å². The first-order chi connectivity index (χ1) is 12.6. The van der Waals surface area contributed by atoms with Crippen LogP contribution in [-0.2, 0) is 6.54 Å². The van der Waals surface area contributed by atoms with E-state index in [1.54, 1.807) is 24.3 Å². The van der Waals surface area contributed by atoms with Gasteiger partial charge < -0.3 is 10.6 Å². The van der Waals surface area contributed by atoms with Gasteiger partial charge in [0.15, 0.2) is 0 Å². The summed E-state index contributed by atoms with van der Waals surface area (Å²) in [5.74, 6) is -0.500. The van der Waals surface area contributed by atoms with Crippen LogP contribution in [-0.4, -0.2) is 27.6 Å². The molecular formula is C19H22N4O3. The Labute approximate surface area is 151 Å². The van der Waals surface area contributed by atoms with Gasteiger partial charge in [0.05, 0.1) is 0 Å². The third kappa shape index (κ3) is 4.56. The normalized spacial score (nSPS) is 13.3. The van der Waals surface area contributed by atoms with Gasteiger partial charge in [0.2, 0.25) is 0 Å². The monoisotopic (exact) mass is 354 g/mol. The van der Waals surface area contributed by atoms with Gasteiger partial charge in [-0.15, -0.1) is 0 Å². The standard InChI is InChI=1S/C19H22N4O3/c1-2-3-12-23-17(24)11-10-16(22-23)19(26)21-14-6-4-13(5-7-14)18(25)20-15-8-9-15/h4-7,10-11,15H,2-3,8-9,12H2,1H3,(H,20,25)(H,21,26). The van der Waals surface area contributed by atoms with Gasteiger partial charge in [-0.3, -0.25) is 14.4 Å². The van der Waals surface area contributed by atoms with E-state index in [4.69, 9.17) is 0 Å². The van der Waals surface area contributed by atoms with E-state index in [0.29, 0.717) is 23.8 Å². The topological polar surface area (TPSA) is 93.1 Å². The molecule has 3 rings (SSSR count). The molecule has 2 N–H and O–H groups in total. The highest BCUT2D eigenvalue weighted by Crippen LogP contribution is 2.19. The number of benzene rings is 1. The van der Waals surface area contributed by atoms with E-state index in [1.807, 2.05) is 6.92 Å². The predicted octanol–water partition coefficient (Wildman–Crippen LogP) is 2.19. The molecule has 2 aromatic rings. The van der Waals surface area contributed by atoms with Crippen molar-refractivity contribution >= 4 is 17.5 Å². The zero-order chi connectivity index (χ0) is 18.5. The minimum atomic E-state index is -0.398. The van der Waals surface area contributed by atoms with Crippen molar-refractivity contribution in [3.63, 3.8) is 0 Å². The van der Waals surface area contributed by atoms with E-state index in [9.17, 15) is 14.4 Å². The van der Waals surface area contributed by atoms with Gasteiger partial charge in [-0.2, -0.15) is 5.10 Å². The molecule has 2 amide bonds. The molecule has 7 nitrogen and oxygen atoms in total. The van der Waals surface area contributed by atoms with Crippen LogP contribution in [0.3, 0.4) is 0 Å². The number of aromatic nitrogens is 2. The molecule has 1 heterocycles. The summed E-state index contributed by atoms with van der Waals surface area (Å²) in [6.07, 6.45) is 3.83. The number of unbranched alkanes of at least 4 members (excludes halogenated alkanes) is 1. The first-order valence-corrected chi connectivity index (χ1v) is 8.87. The number of amides is 2. The number of carbonyl (C=O) groups excluding carboxylic acids is 2. The van der Waals surface area contributed by atoms with Gasteiger partial charge in [0.1, 0.15) is 5.69 Å². The zero-order valence-electron chi connectivity index (χ0n) is 14.7. The summed E-state index contributed by atoms with van der Waals surface area (Å²) < 4.78 is 1.31. The maximum atomic E-state index is 12.4. The van der Waals surface area contributed by atoms with Crippen LogP contribution in [0, 0.1) is 0 Å². The first-order valence-electron chi connectivity index (χ1n) is 8.87. The Morgan fingerprint density at radius 1 is 1.12 bits per heavy atom. The van der Waals surface area contributed by atoms with Crippen LogP contribution in [0.5, 0.6) is 0 Å². The lowest BCUT2D eigenvalue weighted by molar-refractivity contribution is 0.0950. The van der Waals surface area contributed by atoms with E-state index in [-0.39, 0.29) is 17.2 Å². The van der Waals surface area contributed by atoms with Crippen molar-refractivity contribution in [1.29, 1.82) is 0 Å². The molecular weight excluding hydrogens is 332 g/mol. The number of nitrogens with zero attached hydrogens (tertiary/aromatic N) is 2. The molecule has 0 atom stereocenters. The largest absolute Gasteiger partial charge is 0.349 e. The van der Waals surface area contributed by atoms with E-state index >= 15 is 0 Å². The van der Waals surface area contributed by atoms with E-state index in [2.05, 4.69) is 15.7 Å². The summed E-state index contributed by atoms with van der Waals surface area (Å²) in [4.78, 5) is 36.1. The molecule has 0 aliphatic heterocycles. The van der Waals surface area contributed by atoms with Crippen molar-refractivity contribution in [2.45, 2.75) is 45.2 Å². The molecule has 1 aliphatic rings. The van der Waals surface area contributed by atoms with Crippen LogP contribution >= 0.6 is 0 Å². The molecule has 1 aliphatic carbocycles. The van der Waals surface area contributed by atoms with Crippen molar-refractivity contribution in [1.82, 2.24) is 15.1 Å². The maximum Gasteiger partial charge on any atom is 0.276 e. The smallest absolute Gasteiger partial charge is 0.276 e. The predicted molar refractivity (Wildman–Crippen MR) is 98.3 cm³/mol. The summed E-state index contributed by atoms with van der Waals surface area (Å²) in [5, 5.41) is 9.77. The Kier molecular flexibility index (Phi) is 5.46. The number of nitrogens with one attached hydrogen (secondary N) is 2. The van der Waals surface area contributed by atoms with E-state index in [0.717, 1.165) is 25.7 Å². The summed E-state index contributed by atoms with van der Waals surface area (Å²) >= 11 is 0. The second kappa shape index (κ2) is 7.95. The number of carbonyl (C=O) groups is 2. The minimum absolute atomic E-state index is 0.102. The number of aryl methyl sites for hydroxylation is 1. The number of hydrogen-bond donors (Lipinski definition) is 2. The lowest BCUT2D eigenvalue weighted by atomic mass is 10.2. The number of rotatable bonds is 7. The second-order valence-corrected chi connectivity index (χ2v) is 6.41. The van der Waals surface area contributed by atoms with Crippen molar-refractivity contribution in [2.24, 2.45) is 0 Å². The Bertz CT molecular complexity index is 854. The SMILES string of the molecule is CCCCn1nc(C(=O)Nc2ccc(C(=O)NC3CC3)cc2)ccc1=O. The summed E-state index contributed by atoms with van der Waals surface area (Å²) in [7, 11) is 0.